The topological polar surface area (TPSA) is 75.3 Å². The predicted molar refractivity (Wildman–Crippen MR) is 85.4 cm³/mol. The van der Waals surface area contributed by atoms with Gasteiger partial charge in [0.1, 0.15) is 0 Å². The molecule has 0 spiro atoms. The van der Waals surface area contributed by atoms with Gasteiger partial charge in [-0.05, 0) is 43.7 Å². The minimum Gasteiger partial charge on any atom is -0.398 e. The van der Waals surface area contributed by atoms with E-state index in [9.17, 15) is 9.90 Å². The van der Waals surface area contributed by atoms with Crippen LogP contribution in [0.15, 0.2) is 18.2 Å². The average Bonchev–Trinajstić information content (AvgIpc) is 2.49. The number of hydrogen-bond acceptors (Lipinski definition) is 3. The molecule has 1 aliphatic carbocycles. The highest BCUT2D eigenvalue weighted by atomic mass is 35.5. The van der Waals surface area contributed by atoms with Crippen molar-refractivity contribution >= 4 is 23.2 Å². The molecule has 0 saturated heterocycles. The lowest BCUT2D eigenvalue weighted by atomic mass is 9.78. The molecule has 5 heteroatoms. The summed E-state index contributed by atoms with van der Waals surface area (Å²) in [6.45, 7) is 2.44. The summed E-state index contributed by atoms with van der Waals surface area (Å²) in [7, 11) is 0. The molecule has 2 rings (SSSR count). The zero-order valence-corrected chi connectivity index (χ0v) is 13.1. The van der Waals surface area contributed by atoms with Crippen LogP contribution in [0, 0.1) is 5.92 Å². The van der Waals surface area contributed by atoms with Crippen molar-refractivity contribution in [3.8, 4) is 0 Å². The summed E-state index contributed by atoms with van der Waals surface area (Å²) in [6.07, 6.45) is 4.65. The molecule has 21 heavy (non-hydrogen) atoms. The monoisotopic (exact) mass is 310 g/mol. The number of benzene rings is 1. The van der Waals surface area contributed by atoms with Gasteiger partial charge >= 0.3 is 0 Å². The van der Waals surface area contributed by atoms with Crippen molar-refractivity contribution in [3.05, 3.63) is 28.8 Å². The van der Waals surface area contributed by atoms with Crippen LogP contribution in [0.1, 0.15) is 49.4 Å². The SMILES string of the molecule is CCC1CCC(O)(CNC(=O)c2cccc(N)c2Cl)CC1. The Morgan fingerprint density at radius 2 is 2.14 bits per heavy atom. The fourth-order valence-corrected chi connectivity index (χ4v) is 3.08. The van der Waals surface area contributed by atoms with Crippen molar-refractivity contribution in [2.24, 2.45) is 5.92 Å². The molecule has 0 radical (unpaired) electrons. The Bertz CT molecular complexity index is 511. The molecule has 1 aliphatic rings. The number of amides is 1. The Morgan fingerprint density at radius 3 is 2.76 bits per heavy atom. The van der Waals surface area contributed by atoms with E-state index in [1.54, 1.807) is 18.2 Å². The Hall–Kier alpha value is -1.26. The van der Waals surface area contributed by atoms with Crippen LogP contribution in [0.25, 0.3) is 0 Å². The molecular formula is C16H23ClN2O2. The lowest BCUT2D eigenvalue weighted by Gasteiger charge is -2.35. The van der Waals surface area contributed by atoms with E-state index in [2.05, 4.69) is 12.2 Å². The highest BCUT2D eigenvalue weighted by Crippen LogP contribution is 2.33. The molecular weight excluding hydrogens is 288 g/mol. The second-order valence-electron chi connectivity index (χ2n) is 5.97. The van der Waals surface area contributed by atoms with Crippen LogP contribution in [0.4, 0.5) is 5.69 Å². The number of nitrogens with two attached hydrogens (primary N) is 1. The molecule has 0 heterocycles. The van der Waals surface area contributed by atoms with Crippen LogP contribution in [0.5, 0.6) is 0 Å². The molecule has 116 valence electrons. The van der Waals surface area contributed by atoms with E-state index in [0.29, 0.717) is 17.2 Å². The maximum absolute atomic E-state index is 12.2. The summed E-state index contributed by atoms with van der Waals surface area (Å²) in [6, 6.07) is 4.97. The van der Waals surface area contributed by atoms with Crippen LogP contribution in [0.3, 0.4) is 0 Å². The molecule has 1 aromatic carbocycles. The smallest absolute Gasteiger partial charge is 0.252 e. The van der Waals surface area contributed by atoms with E-state index < -0.39 is 5.60 Å². The second-order valence-corrected chi connectivity index (χ2v) is 6.35. The van der Waals surface area contributed by atoms with Gasteiger partial charge in [0.05, 0.1) is 21.9 Å². The van der Waals surface area contributed by atoms with Crippen LogP contribution in [-0.2, 0) is 0 Å². The zero-order valence-electron chi connectivity index (χ0n) is 12.4. The minimum absolute atomic E-state index is 0.257. The number of halogens is 1. The molecule has 1 amide bonds. The van der Waals surface area contributed by atoms with Gasteiger partial charge in [-0.25, -0.2) is 0 Å². The number of aliphatic hydroxyl groups is 1. The third-order valence-electron chi connectivity index (χ3n) is 4.46. The Labute approximate surface area is 130 Å². The lowest BCUT2D eigenvalue weighted by Crippen LogP contribution is -2.45. The second kappa shape index (κ2) is 6.67. The van der Waals surface area contributed by atoms with Crippen molar-refractivity contribution in [2.45, 2.75) is 44.6 Å². The van der Waals surface area contributed by atoms with Gasteiger partial charge in [-0.2, -0.15) is 0 Å². The van der Waals surface area contributed by atoms with E-state index >= 15 is 0 Å². The zero-order chi connectivity index (χ0) is 15.5. The Morgan fingerprint density at radius 1 is 1.48 bits per heavy atom. The molecule has 1 fully saturated rings. The van der Waals surface area contributed by atoms with Crippen molar-refractivity contribution in [1.82, 2.24) is 5.32 Å². The van der Waals surface area contributed by atoms with Gasteiger partial charge in [0.15, 0.2) is 0 Å². The van der Waals surface area contributed by atoms with Crippen LogP contribution >= 0.6 is 11.6 Å². The molecule has 1 aromatic rings. The average molecular weight is 311 g/mol. The maximum atomic E-state index is 12.2. The highest BCUT2D eigenvalue weighted by Gasteiger charge is 2.33. The first-order valence-electron chi connectivity index (χ1n) is 7.50. The third kappa shape index (κ3) is 3.89. The van der Waals surface area contributed by atoms with E-state index in [-0.39, 0.29) is 17.5 Å². The standard InChI is InChI=1S/C16H23ClN2O2/c1-2-11-6-8-16(21,9-7-11)10-19-15(20)12-4-3-5-13(18)14(12)17/h3-5,11,21H,2,6-10,18H2,1H3,(H,19,20). The normalized spacial score (nSPS) is 25.6. The largest absolute Gasteiger partial charge is 0.398 e. The van der Waals surface area contributed by atoms with Gasteiger partial charge in [-0.15, -0.1) is 0 Å². The number of anilines is 1. The minimum atomic E-state index is -0.797. The van der Waals surface area contributed by atoms with Gasteiger partial charge in [-0.3, -0.25) is 4.79 Å². The summed E-state index contributed by atoms with van der Waals surface area (Å²) >= 11 is 6.03. The number of carbonyl (C=O) groups excluding carboxylic acids is 1. The fraction of sp³-hybridized carbons (Fsp3) is 0.562. The molecule has 4 nitrogen and oxygen atoms in total. The molecule has 0 bridgehead atoms. The third-order valence-corrected chi connectivity index (χ3v) is 4.89. The molecule has 1 saturated carbocycles. The first-order chi connectivity index (χ1) is 9.95. The van der Waals surface area contributed by atoms with Gasteiger partial charge in [0, 0.05) is 6.54 Å². The van der Waals surface area contributed by atoms with Gasteiger partial charge in [-0.1, -0.05) is 31.0 Å². The van der Waals surface area contributed by atoms with Crippen LogP contribution < -0.4 is 11.1 Å². The van der Waals surface area contributed by atoms with E-state index in [0.717, 1.165) is 32.1 Å². The maximum Gasteiger partial charge on any atom is 0.252 e. The summed E-state index contributed by atoms with van der Waals surface area (Å²) < 4.78 is 0. The van der Waals surface area contributed by atoms with Gasteiger partial charge < -0.3 is 16.2 Å². The molecule has 4 N–H and O–H groups in total. The fourth-order valence-electron chi connectivity index (χ4n) is 2.87. The van der Waals surface area contributed by atoms with Crippen molar-refractivity contribution in [2.75, 3.05) is 12.3 Å². The van der Waals surface area contributed by atoms with Crippen molar-refractivity contribution in [1.29, 1.82) is 0 Å². The first kappa shape index (κ1) is 16.1. The molecule has 0 aliphatic heterocycles. The van der Waals surface area contributed by atoms with Gasteiger partial charge in [0.2, 0.25) is 0 Å². The quantitative estimate of drug-likeness (QED) is 0.748. The van der Waals surface area contributed by atoms with E-state index in [1.807, 2.05) is 0 Å². The highest BCUT2D eigenvalue weighted by molar-refractivity contribution is 6.36. The van der Waals surface area contributed by atoms with Crippen molar-refractivity contribution < 1.29 is 9.90 Å². The number of carbonyl (C=O) groups is 1. The van der Waals surface area contributed by atoms with Crippen molar-refractivity contribution in [3.63, 3.8) is 0 Å². The summed E-state index contributed by atoms with van der Waals surface area (Å²) in [5, 5.41) is 13.6. The van der Waals surface area contributed by atoms with Crippen LogP contribution in [0.2, 0.25) is 5.02 Å². The van der Waals surface area contributed by atoms with Gasteiger partial charge in [0.25, 0.3) is 5.91 Å². The van der Waals surface area contributed by atoms with Crippen LogP contribution in [-0.4, -0.2) is 23.2 Å². The number of nitrogen functional groups attached to an aromatic ring is 1. The number of nitrogens with one attached hydrogen (secondary N) is 1. The summed E-state index contributed by atoms with van der Waals surface area (Å²) in [4.78, 5) is 12.2. The molecule has 0 unspecified atom stereocenters. The number of rotatable bonds is 4. The number of hydrogen-bond donors (Lipinski definition) is 3. The predicted octanol–water partition coefficient (Wildman–Crippen LogP) is 2.98. The van der Waals surface area contributed by atoms with E-state index in [1.165, 1.54) is 0 Å². The lowest BCUT2D eigenvalue weighted by molar-refractivity contribution is -0.00786. The Balaban J connectivity index is 1.94. The summed E-state index contributed by atoms with van der Waals surface area (Å²) in [5.74, 6) is 0.405. The first-order valence-corrected chi connectivity index (χ1v) is 7.87. The molecule has 0 aromatic heterocycles. The Kier molecular flexibility index (Phi) is 5.12. The van der Waals surface area contributed by atoms with E-state index in [4.69, 9.17) is 17.3 Å². The molecule has 0 atom stereocenters. The summed E-state index contributed by atoms with van der Waals surface area (Å²) in [5.41, 5.74) is 5.63.